The number of oxazole rings is 1. The summed E-state index contributed by atoms with van der Waals surface area (Å²) in [6.45, 7) is 11.8. The van der Waals surface area contributed by atoms with E-state index < -0.39 is 6.29 Å². The maximum absolute atomic E-state index is 12.7. The number of carbonyl (C=O) groups is 1. The third-order valence-corrected chi connectivity index (χ3v) is 5.90. The van der Waals surface area contributed by atoms with E-state index in [1.165, 1.54) is 5.56 Å². The number of aryl methyl sites for hydroxylation is 2. The molecule has 32 heavy (non-hydrogen) atoms. The Morgan fingerprint density at radius 2 is 1.94 bits per heavy atom. The van der Waals surface area contributed by atoms with E-state index in [-0.39, 0.29) is 11.8 Å². The summed E-state index contributed by atoms with van der Waals surface area (Å²) in [7, 11) is 0. The smallest absolute Gasteiger partial charge is 0.226 e. The molecule has 2 heterocycles. The number of nitrogens with zero attached hydrogens (tertiary/aromatic N) is 2. The van der Waals surface area contributed by atoms with Crippen LogP contribution in [0.15, 0.2) is 28.7 Å². The van der Waals surface area contributed by atoms with Gasteiger partial charge in [-0.05, 0) is 64.3 Å². The minimum atomic E-state index is -0.392. The third-order valence-electron chi connectivity index (χ3n) is 5.90. The minimum Gasteiger partial charge on any atom is -0.441 e. The number of aromatic nitrogens is 1. The summed E-state index contributed by atoms with van der Waals surface area (Å²) in [5.74, 6) is 1.51. The molecule has 176 valence electrons. The molecule has 3 rings (SSSR count). The van der Waals surface area contributed by atoms with Crippen molar-refractivity contribution in [3.05, 3.63) is 41.3 Å². The molecule has 0 aliphatic carbocycles. The highest BCUT2D eigenvalue weighted by Gasteiger charge is 2.27. The number of hydrogen-bond donors (Lipinski definition) is 1. The van der Waals surface area contributed by atoms with Crippen LogP contribution in [0.2, 0.25) is 0 Å². The van der Waals surface area contributed by atoms with Gasteiger partial charge in [0, 0.05) is 31.9 Å². The number of benzene rings is 1. The largest absolute Gasteiger partial charge is 0.441 e. The summed E-state index contributed by atoms with van der Waals surface area (Å²) in [6.07, 6.45) is 2.50. The molecule has 0 unspecified atom stereocenters. The zero-order valence-corrected chi connectivity index (χ0v) is 19.9. The molecule has 0 saturated carbocycles. The number of nitrogens with one attached hydrogen (secondary N) is 1. The highest BCUT2D eigenvalue weighted by atomic mass is 16.7. The SMILES string of the molecule is CCOC(CNC(=O)[C@@H]1CCCN(Cc2nc(-c3ccc(CC)cc3)oc2C)C1)OCC. The van der Waals surface area contributed by atoms with Crippen LogP contribution < -0.4 is 5.32 Å². The molecular formula is C25H37N3O4. The first-order valence-corrected chi connectivity index (χ1v) is 11.8. The van der Waals surface area contributed by atoms with Crippen LogP contribution in [-0.2, 0) is 27.2 Å². The second-order valence-corrected chi connectivity index (χ2v) is 8.23. The van der Waals surface area contributed by atoms with Gasteiger partial charge < -0.3 is 19.2 Å². The molecule has 1 aliphatic rings. The number of likely N-dealkylation sites (tertiary alicyclic amines) is 1. The van der Waals surface area contributed by atoms with Gasteiger partial charge in [-0.25, -0.2) is 4.98 Å². The topological polar surface area (TPSA) is 76.8 Å². The average Bonchev–Trinajstić information content (AvgIpc) is 3.17. The summed E-state index contributed by atoms with van der Waals surface area (Å²) in [5, 5.41) is 3.00. The van der Waals surface area contributed by atoms with Crippen molar-refractivity contribution in [1.82, 2.24) is 15.2 Å². The lowest BCUT2D eigenvalue weighted by Crippen LogP contribution is -2.45. The quantitative estimate of drug-likeness (QED) is 0.530. The molecule has 1 saturated heterocycles. The number of piperidine rings is 1. The number of amides is 1. The average molecular weight is 444 g/mol. The summed E-state index contributed by atoms with van der Waals surface area (Å²) in [6, 6.07) is 8.36. The minimum absolute atomic E-state index is 0.0408. The van der Waals surface area contributed by atoms with Gasteiger partial charge >= 0.3 is 0 Å². The van der Waals surface area contributed by atoms with E-state index in [4.69, 9.17) is 18.9 Å². The first-order chi connectivity index (χ1) is 15.5. The van der Waals surface area contributed by atoms with Crippen molar-refractivity contribution in [1.29, 1.82) is 0 Å². The van der Waals surface area contributed by atoms with Gasteiger partial charge in [0.25, 0.3) is 0 Å². The van der Waals surface area contributed by atoms with E-state index in [2.05, 4.69) is 41.4 Å². The van der Waals surface area contributed by atoms with Crippen LogP contribution >= 0.6 is 0 Å². The number of hydrogen-bond acceptors (Lipinski definition) is 6. The molecule has 7 nitrogen and oxygen atoms in total. The van der Waals surface area contributed by atoms with Gasteiger partial charge in [-0.2, -0.15) is 0 Å². The molecule has 0 bridgehead atoms. The molecule has 1 aromatic carbocycles. The highest BCUT2D eigenvalue weighted by Crippen LogP contribution is 2.25. The van der Waals surface area contributed by atoms with Crippen molar-refractivity contribution in [3.8, 4) is 11.5 Å². The summed E-state index contributed by atoms with van der Waals surface area (Å²) >= 11 is 0. The van der Waals surface area contributed by atoms with Gasteiger partial charge in [0.1, 0.15) is 5.76 Å². The molecule has 0 radical (unpaired) electrons. The molecule has 1 N–H and O–H groups in total. The van der Waals surface area contributed by atoms with Crippen LogP contribution in [0.25, 0.3) is 11.5 Å². The van der Waals surface area contributed by atoms with E-state index in [0.29, 0.717) is 38.7 Å². The summed E-state index contributed by atoms with van der Waals surface area (Å²) in [4.78, 5) is 19.8. The Bertz CT molecular complexity index is 843. The molecule has 1 aliphatic heterocycles. The van der Waals surface area contributed by atoms with Gasteiger partial charge in [-0.15, -0.1) is 0 Å². The maximum atomic E-state index is 12.7. The van der Waals surface area contributed by atoms with Crippen molar-refractivity contribution in [2.45, 2.75) is 59.8 Å². The Morgan fingerprint density at radius 3 is 2.59 bits per heavy atom. The lowest BCUT2D eigenvalue weighted by Gasteiger charge is -2.31. The molecule has 1 atom stereocenters. The van der Waals surface area contributed by atoms with Crippen molar-refractivity contribution in [2.75, 3.05) is 32.8 Å². The first kappa shape index (κ1) is 24.4. The second-order valence-electron chi connectivity index (χ2n) is 8.23. The van der Waals surface area contributed by atoms with Crippen molar-refractivity contribution in [2.24, 2.45) is 5.92 Å². The lowest BCUT2D eigenvalue weighted by molar-refractivity contribution is -0.143. The Morgan fingerprint density at radius 1 is 1.22 bits per heavy atom. The molecule has 1 fully saturated rings. The lowest BCUT2D eigenvalue weighted by atomic mass is 9.97. The van der Waals surface area contributed by atoms with E-state index in [9.17, 15) is 4.79 Å². The molecule has 0 spiro atoms. The van der Waals surface area contributed by atoms with Crippen molar-refractivity contribution < 1.29 is 18.7 Å². The maximum Gasteiger partial charge on any atom is 0.226 e. The second kappa shape index (κ2) is 12.1. The summed E-state index contributed by atoms with van der Waals surface area (Å²) < 4.78 is 17.0. The molecule has 7 heteroatoms. The van der Waals surface area contributed by atoms with Crippen molar-refractivity contribution >= 4 is 5.91 Å². The van der Waals surface area contributed by atoms with Crippen LogP contribution in [0.4, 0.5) is 0 Å². The van der Waals surface area contributed by atoms with Gasteiger partial charge in [-0.1, -0.05) is 19.1 Å². The number of carbonyl (C=O) groups excluding carboxylic acids is 1. The van der Waals surface area contributed by atoms with Crippen LogP contribution in [0, 0.1) is 12.8 Å². The van der Waals surface area contributed by atoms with Crippen LogP contribution in [0.3, 0.4) is 0 Å². The zero-order chi connectivity index (χ0) is 22.9. The van der Waals surface area contributed by atoms with E-state index in [0.717, 1.165) is 42.8 Å². The fourth-order valence-electron chi connectivity index (χ4n) is 4.07. The Labute approximate surface area is 191 Å². The number of ether oxygens (including phenoxy) is 2. The Hall–Kier alpha value is -2.22. The number of rotatable bonds is 11. The normalized spacial score (nSPS) is 17.1. The highest BCUT2D eigenvalue weighted by molar-refractivity contribution is 5.79. The predicted molar refractivity (Wildman–Crippen MR) is 124 cm³/mol. The first-order valence-electron chi connectivity index (χ1n) is 11.8. The van der Waals surface area contributed by atoms with Gasteiger partial charge in [0.2, 0.25) is 11.8 Å². The van der Waals surface area contributed by atoms with Crippen LogP contribution in [0.5, 0.6) is 0 Å². The van der Waals surface area contributed by atoms with E-state index >= 15 is 0 Å². The van der Waals surface area contributed by atoms with Gasteiger partial charge in [0.05, 0.1) is 18.2 Å². The Balaban J connectivity index is 1.56. The van der Waals surface area contributed by atoms with Crippen molar-refractivity contribution in [3.63, 3.8) is 0 Å². The zero-order valence-electron chi connectivity index (χ0n) is 19.9. The molecule has 2 aromatic rings. The Kier molecular flexibility index (Phi) is 9.26. The van der Waals surface area contributed by atoms with Crippen LogP contribution in [-0.4, -0.2) is 54.9 Å². The third kappa shape index (κ3) is 6.64. The predicted octanol–water partition coefficient (Wildman–Crippen LogP) is 3.94. The fourth-order valence-corrected chi connectivity index (χ4v) is 4.07. The molecule has 1 amide bonds. The molecular weight excluding hydrogens is 406 g/mol. The standard InChI is InChI=1S/C25H37N3O4/c1-5-19-10-12-20(13-11-19)25-27-22(18(4)32-25)17-28-14-8-9-21(16-28)24(29)26-15-23(30-6-2)31-7-3/h10-13,21,23H,5-9,14-17H2,1-4H3,(H,26,29)/t21-/m1/s1. The van der Waals surface area contributed by atoms with E-state index in [1.54, 1.807) is 0 Å². The van der Waals surface area contributed by atoms with Gasteiger partial charge in [-0.3, -0.25) is 9.69 Å². The van der Waals surface area contributed by atoms with Crippen LogP contribution in [0.1, 0.15) is 50.6 Å². The molecule has 1 aromatic heterocycles. The summed E-state index contributed by atoms with van der Waals surface area (Å²) in [5.41, 5.74) is 3.22. The van der Waals surface area contributed by atoms with E-state index in [1.807, 2.05) is 20.8 Å². The van der Waals surface area contributed by atoms with Gasteiger partial charge in [0.15, 0.2) is 6.29 Å². The monoisotopic (exact) mass is 443 g/mol. The fraction of sp³-hybridized carbons (Fsp3) is 0.600.